The number of hydrogen-bond acceptors (Lipinski definition) is 4. The molecule has 0 saturated carbocycles. The first-order valence-corrected chi connectivity index (χ1v) is 6.39. The van der Waals surface area contributed by atoms with Gasteiger partial charge in [-0.25, -0.2) is 9.78 Å². The average molecular weight is 271 g/mol. The highest BCUT2D eigenvalue weighted by Gasteiger charge is 2.17. The molecule has 0 radical (unpaired) electrons. The molecular weight excluding hydrogens is 254 g/mol. The van der Waals surface area contributed by atoms with E-state index in [-0.39, 0.29) is 18.4 Å². The van der Waals surface area contributed by atoms with E-state index in [0.717, 1.165) is 5.69 Å². The van der Waals surface area contributed by atoms with Crippen LogP contribution in [0.25, 0.3) is 0 Å². The summed E-state index contributed by atoms with van der Waals surface area (Å²) in [6, 6.07) is -0.439. The maximum absolute atomic E-state index is 11.4. The fraction of sp³-hybridized carbons (Fsp3) is 0.545. The molecule has 0 fully saturated rings. The molecule has 0 bridgehead atoms. The van der Waals surface area contributed by atoms with Gasteiger partial charge in [0.2, 0.25) is 0 Å². The van der Waals surface area contributed by atoms with E-state index >= 15 is 0 Å². The molecule has 7 heteroatoms. The van der Waals surface area contributed by atoms with Crippen molar-refractivity contribution in [1.82, 2.24) is 10.3 Å². The molecule has 0 aliphatic rings. The molecule has 0 atom stereocenters. The number of carboxylic acids is 1. The molecular formula is C11H17N3O3S. The molecule has 0 aliphatic heterocycles. The van der Waals surface area contributed by atoms with Crippen molar-refractivity contribution in [3.8, 4) is 0 Å². The van der Waals surface area contributed by atoms with Gasteiger partial charge in [0.15, 0.2) is 5.13 Å². The Morgan fingerprint density at radius 3 is 2.61 bits per heavy atom. The number of anilines is 1. The van der Waals surface area contributed by atoms with Gasteiger partial charge in [0.05, 0.1) is 12.1 Å². The lowest BCUT2D eigenvalue weighted by Crippen LogP contribution is -2.30. The van der Waals surface area contributed by atoms with Crippen molar-refractivity contribution in [3.63, 3.8) is 0 Å². The number of aliphatic carboxylic acids is 1. The number of amides is 2. The number of nitrogens with zero attached hydrogens (tertiary/aromatic N) is 1. The van der Waals surface area contributed by atoms with Gasteiger partial charge < -0.3 is 10.4 Å². The van der Waals surface area contributed by atoms with E-state index < -0.39 is 12.0 Å². The fourth-order valence-electron chi connectivity index (χ4n) is 1.10. The predicted octanol–water partition coefficient (Wildman–Crippen LogP) is 2.04. The van der Waals surface area contributed by atoms with Gasteiger partial charge in [0, 0.05) is 17.3 Å². The van der Waals surface area contributed by atoms with E-state index in [2.05, 4.69) is 15.6 Å². The Hall–Kier alpha value is -1.63. The van der Waals surface area contributed by atoms with Gasteiger partial charge in [-0.15, -0.1) is 11.3 Å². The Morgan fingerprint density at radius 1 is 1.44 bits per heavy atom. The first kappa shape index (κ1) is 14.4. The molecule has 1 aromatic heterocycles. The van der Waals surface area contributed by atoms with Crippen LogP contribution in [0.15, 0.2) is 5.38 Å². The number of aromatic nitrogens is 1. The van der Waals surface area contributed by atoms with Gasteiger partial charge in [-0.05, 0) is 0 Å². The third-order valence-corrected chi connectivity index (χ3v) is 2.88. The van der Waals surface area contributed by atoms with Crippen molar-refractivity contribution in [2.75, 3.05) is 11.9 Å². The highest BCUT2D eigenvalue weighted by molar-refractivity contribution is 7.13. The van der Waals surface area contributed by atoms with Gasteiger partial charge in [-0.3, -0.25) is 10.1 Å². The second-order valence-electron chi connectivity index (χ2n) is 4.81. The summed E-state index contributed by atoms with van der Waals surface area (Å²) in [6.07, 6.45) is -0.0987. The SMILES string of the molecule is CC(C)(C)c1csc(NC(=O)NCCC(=O)O)n1. The molecule has 0 spiro atoms. The smallest absolute Gasteiger partial charge is 0.321 e. The number of carbonyl (C=O) groups is 2. The average Bonchev–Trinajstić information content (AvgIpc) is 2.64. The number of nitrogens with one attached hydrogen (secondary N) is 2. The lowest BCUT2D eigenvalue weighted by Gasteiger charge is -2.14. The molecule has 1 aromatic rings. The molecule has 6 nitrogen and oxygen atoms in total. The third kappa shape index (κ3) is 4.70. The molecule has 3 N–H and O–H groups in total. The normalized spacial score (nSPS) is 11.1. The molecule has 2 amide bonds. The zero-order valence-corrected chi connectivity index (χ0v) is 11.4. The van der Waals surface area contributed by atoms with E-state index in [0.29, 0.717) is 5.13 Å². The highest BCUT2D eigenvalue weighted by atomic mass is 32.1. The number of carbonyl (C=O) groups excluding carboxylic acids is 1. The van der Waals surface area contributed by atoms with Crippen LogP contribution in [0.1, 0.15) is 32.9 Å². The molecule has 0 aromatic carbocycles. The summed E-state index contributed by atoms with van der Waals surface area (Å²) in [5, 5.41) is 15.8. The number of thiazole rings is 1. The van der Waals surface area contributed by atoms with Crippen LogP contribution in [0, 0.1) is 0 Å². The summed E-state index contributed by atoms with van der Waals surface area (Å²) in [6.45, 7) is 6.22. The zero-order chi connectivity index (χ0) is 13.8. The van der Waals surface area contributed by atoms with Gasteiger partial charge in [-0.1, -0.05) is 20.8 Å². The summed E-state index contributed by atoms with van der Waals surface area (Å²) in [5.74, 6) is -0.945. The number of hydrogen-bond donors (Lipinski definition) is 3. The summed E-state index contributed by atoms with van der Waals surface area (Å²) in [5.41, 5.74) is 0.851. The first-order valence-electron chi connectivity index (χ1n) is 5.51. The van der Waals surface area contributed by atoms with E-state index in [9.17, 15) is 9.59 Å². The quantitative estimate of drug-likeness (QED) is 0.781. The first-order chi connectivity index (χ1) is 8.29. The Morgan fingerprint density at radius 2 is 2.11 bits per heavy atom. The van der Waals surface area contributed by atoms with E-state index in [1.165, 1.54) is 11.3 Å². The molecule has 18 heavy (non-hydrogen) atoms. The fourth-order valence-corrected chi connectivity index (χ4v) is 2.03. The number of carboxylic acid groups (broad SMARTS) is 1. The second kappa shape index (κ2) is 5.81. The van der Waals surface area contributed by atoms with Crippen molar-refractivity contribution in [2.24, 2.45) is 0 Å². The van der Waals surface area contributed by atoms with Crippen molar-refractivity contribution >= 4 is 28.5 Å². The summed E-state index contributed by atoms with van der Waals surface area (Å²) < 4.78 is 0. The van der Waals surface area contributed by atoms with Crippen molar-refractivity contribution in [3.05, 3.63) is 11.1 Å². The van der Waals surface area contributed by atoms with E-state index in [1.807, 2.05) is 26.2 Å². The number of rotatable bonds is 4. The van der Waals surface area contributed by atoms with Gasteiger partial charge in [-0.2, -0.15) is 0 Å². The van der Waals surface area contributed by atoms with E-state index in [1.54, 1.807) is 0 Å². The van der Waals surface area contributed by atoms with Crippen LogP contribution in [0.3, 0.4) is 0 Å². The standard InChI is InChI=1S/C11H17N3O3S/c1-11(2,3)7-6-18-10(13-7)14-9(17)12-5-4-8(15)16/h6H,4-5H2,1-3H3,(H,15,16)(H2,12,13,14,17). The predicted molar refractivity (Wildman–Crippen MR) is 70.1 cm³/mol. The lowest BCUT2D eigenvalue weighted by molar-refractivity contribution is -0.136. The maximum atomic E-state index is 11.4. The van der Waals surface area contributed by atoms with Crippen molar-refractivity contribution in [2.45, 2.75) is 32.6 Å². The van der Waals surface area contributed by atoms with E-state index in [4.69, 9.17) is 5.11 Å². The molecule has 100 valence electrons. The van der Waals surface area contributed by atoms with Crippen LogP contribution < -0.4 is 10.6 Å². The van der Waals surface area contributed by atoms with Crippen LogP contribution in [-0.4, -0.2) is 28.6 Å². The molecule has 0 saturated heterocycles. The third-order valence-electron chi connectivity index (χ3n) is 2.12. The summed E-state index contributed by atoms with van der Waals surface area (Å²) >= 11 is 1.35. The monoisotopic (exact) mass is 271 g/mol. The van der Waals surface area contributed by atoms with Crippen LogP contribution in [0.2, 0.25) is 0 Å². The molecule has 1 heterocycles. The minimum Gasteiger partial charge on any atom is -0.481 e. The summed E-state index contributed by atoms with van der Waals surface area (Å²) in [4.78, 5) is 26.0. The van der Waals surface area contributed by atoms with Crippen LogP contribution in [0.5, 0.6) is 0 Å². The lowest BCUT2D eigenvalue weighted by atomic mass is 9.93. The maximum Gasteiger partial charge on any atom is 0.321 e. The van der Waals surface area contributed by atoms with Crippen molar-refractivity contribution in [1.29, 1.82) is 0 Å². The Labute approximate surface area is 109 Å². The summed E-state index contributed by atoms with van der Waals surface area (Å²) in [7, 11) is 0. The van der Waals surface area contributed by atoms with Gasteiger partial charge in [0.25, 0.3) is 0 Å². The Kier molecular flexibility index (Phi) is 4.66. The Balaban J connectivity index is 2.45. The molecule has 0 unspecified atom stereocenters. The van der Waals surface area contributed by atoms with Crippen LogP contribution in [0.4, 0.5) is 9.93 Å². The minimum atomic E-state index is -0.945. The Bertz CT molecular complexity index is 437. The zero-order valence-electron chi connectivity index (χ0n) is 10.6. The largest absolute Gasteiger partial charge is 0.481 e. The topological polar surface area (TPSA) is 91.3 Å². The second-order valence-corrected chi connectivity index (χ2v) is 5.67. The highest BCUT2D eigenvalue weighted by Crippen LogP contribution is 2.26. The van der Waals surface area contributed by atoms with Crippen LogP contribution >= 0.6 is 11.3 Å². The minimum absolute atomic E-state index is 0.0593. The molecule has 1 rings (SSSR count). The van der Waals surface area contributed by atoms with Gasteiger partial charge in [0.1, 0.15) is 0 Å². The van der Waals surface area contributed by atoms with Crippen molar-refractivity contribution < 1.29 is 14.7 Å². The number of urea groups is 1. The van der Waals surface area contributed by atoms with Gasteiger partial charge >= 0.3 is 12.0 Å². The molecule has 0 aliphatic carbocycles. The van der Waals surface area contributed by atoms with Crippen LogP contribution in [-0.2, 0) is 10.2 Å².